The number of rotatable bonds is 3. The van der Waals surface area contributed by atoms with Gasteiger partial charge in [-0.1, -0.05) is 13.8 Å². The van der Waals surface area contributed by atoms with Gasteiger partial charge in [0.15, 0.2) is 0 Å². The average Bonchev–Trinajstić information content (AvgIpc) is 3.00. The van der Waals surface area contributed by atoms with Gasteiger partial charge in [0, 0.05) is 38.4 Å². The van der Waals surface area contributed by atoms with Crippen LogP contribution in [0.1, 0.15) is 38.7 Å². The molecule has 4 heteroatoms. The van der Waals surface area contributed by atoms with E-state index in [9.17, 15) is 0 Å². The van der Waals surface area contributed by atoms with Crippen molar-refractivity contribution in [3.8, 4) is 0 Å². The lowest BCUT2D eigenvalue weighted by Crippen LogP contribution is -2.43. The molecule has 1 aromatic heterocycles. The van der Waals surface area contributed by atoms with Crippen LogP contribution in [0.2, 0.25) is 0 Å². The predicted molar refractivity (Wildman–Crippen MR) is 79.3 cm³/mol. The number of nitrogens with zero attached hydrogens (tertiary/aromatic N) is 3. The maximum atomic E-state index is 6.21. The second-order valence-corrected chi connectivity index (χ2v) is 7.00. The zero-order chi connectivity index (χ0) is 14.2. The molecule has 0 radical (unpaired) electrons. The molecule has 1 aromatic rings. The Morgan fingerprint density at radius 3 is 2.70 bits per heavy atom. The van der Waals surface area contributed by atoms with Crippen LogP contribution in [0.15, 0.2) is 12.4 Å². The number of aryl methyl sites for hydroxylation is 1. The van der Waals surface area contributed by atoms with Crippen molar-refractivity contribution >= 4 is 0 Å². The Hall–Kier alpha value is -0.870. The molecule has 2 aliphatic heterocycles. The quantitative estimate of drug-likeness (QED) is 0.850. The molecule has 2 fully saturated rings. The second-order valence-electron chi connectivity index (χ2n) is 7.00. The van der Waals surface area contributed by atoms with Crippen molar-refractivity contribution < 1.29 is 4.74 Å². The first-order valence-electron chi connectivity index (χ1n) is 7.90. The van der Waals surface area contributed by atoms with Crippen LogP contribution in [0.25, 0.3) is 0 Å². The summed E-state index contributed by atoms with van der Waals surface area (Å²) >= 11 is 0. The van der Waals surface area contributed by atoms with Crippen molar-refractivity contribution in [1.29, 1.82) is 0 Å². The summed E-state index contributed by atoms with van der Waals surface area (Å²) in [5.74, 6) is 1.52. The molecule has 4 nitrogen and oxygen atoms in total. The number of ether oxygens (including phenoxy) is 1. The van der Waals surface area contributed by atoms with Crippen molar-refractivity contribution in [3.63, 3.8) is 0 Å². The average molecular weight is 277 g/mol. The predicted octanol–water partition coefficient (Wildman–Crippen LogP) is 2.45. The van der Waals surface area contributed by atoms with Gasteiger partial charge in [0.1, 0.15) is 0 Å². The van der Waals surface area contributed by atoms with Crippen molar-refractivity contribution in [2.45, 2.75) is 45.3 Å². The van der Waals surface area contributed by atoms with Gasteiger partial charge in [-0.15, -0.1) is 0 Å². The molecule has 0 bridgehead atoms. The highest BCUT2D eigenvalue weighted by molar-refractivity contribution is 5.04. The van der Waals surface area contributed by atoms with E-state index in [4.69, 9.17) is 4.74 Å². The standard InChI is InChI=1S/C16H27N3O/c1-13(2)15-8-16(20-12-15)4-6-19(7-5-16)11-14-9-17-18(3)10-14/h9-10,13,15H,4-8,11-12H2,1-3H3/t15-/m0/s1. The van der Waals surface area contributed by atoms with Gasteiger partial charge in [-0.2, -0.15) is 5.10 Å². The van der Waals surface area contributed by atoms with Crippen LogP contribution in [0, 0.1) is 11.8 Å². The first-order chi connectivity index (χ1) is 9.56. The van der Waals surface area contributed by atoms with E-state index in [2.05, 4.69) is 30.0 Å². The van der Waals surface area contributed by atoms with E-state index in [0.717, 1.165) is 38.1 Å². The van der Waals surface area contributed by atoms with E-state index in [-0.39, 0.29) is 5.60 Å². The molecule has 112 valence electrons. The molecule has 0 saturated carbocycles. The lowest BCUT2D eigenvalue weighted by Gasteiger charge is -2.38. The van der Waals surface area contributed by atoms with E-state index >= 15 is 0 Å². The van der Waals surface area contributed by atoms with Gasteiger partial charge in [-0.25, -0.2) is 0 Å². The van der Waals surface area contributed by atoms with E-state index in [1.54, 1.807) is 0 Å². The number of hydrogen-bond acceptors (Lipinski definition) is 3. The maximum Gasteiger partial charge on any atom is 0.0710 e. The Labute approximate surface area is 122 Å². The molecule has 1 spiro atoms. The van der Waals surface area contributed by atoms with Crippen LogP contribution in [0.3, 0.4) is 0 Å². The van der Waals surface area contributed by atoms with Gasteiger partial charge in [0.05, 0.1) is 18.4 Å². The van der Waals surface area contributed by atoms with Gasteiger partial charge in [0.25, 0.3) is 0 Å². The summed E-state index contributed by atoms with van der Waals surface area (Å²) in [5, 5.41) is 4.25. The monoisotopic (exact) mass is 277 g/mol. The summed E-state index contributed by atoms with van der Waals surface area (Å²) in [4.78, 5) is 2.54. The molecule has 2 saturated heterocycles. The first kappa shape index (κ1) is 14.1. The molecule has 2 aliphatic rings. The fourth-order valence-corrected chi connectivity index (χ4v) is 3.59. The van der Waals surface area contributed by atoms with Crippen molar-refractivity contribution in [1.82, 2.24) is 14.7 Å². The van der Waals surface area contributed by atoms with Crippen molar-refractivity contribution in [3.05, 3.63) is 18.0 Å². The Kier molecular flexibility index (Phi) is 3.87. The fourth-order valence-electron chi connectivity index (χ4n) is 3.59. The maximum absolute atomic E-state index is 6.21. The normalized spacial score (nSPS) is 26.7. The van der Waals surface area contributed by atoms with Gasteiger partial charge in [-0.3, -0.25) is 9.58 Å². The van der Waals surface area contributed by atoms with E-state index in [1.807, 2.05) is 17.9 Å². The second kappa shape index (κ2) is 5.49. The van der Waals surface area contributed by atoms with E-state index < -0.39 is 0 Å². The summed E-state index contributed by atoms with van der Waals surface area (Å²) in [7, 11) is 1.98. The summed E-state index contributed by atoms with van der Waals surface area (Å²) in [6, 6.07) is 0. The largest absolute Gasteiger partial charge is 0.375 e. The summed E-state index contributed by atoms with van der Waals surface area (Å²) in [6.07, 6.45) is 7.74. The van der Waals surface area contributed by atoms with Crippen LogP contribution < -0.4 is 0 Å². The molecule has 3 rings (SSSR count). The minimum Gasteiger partial charge on any atom is -0.375 e. The van der Waals surface area contributed by atoms with Gasteiger partial charge in [-0.05, 0) is 31.1 Å². The number of likely N-dealkylation sites (tertiary alicyclic amines) is 1. The Bertz CT molecular complexity index is 446. The molecule has 20 heavy (non-hydrogen) atoms. The minimum absolute atomic E-state index is 0.195. The summed E-state index contributed by atoms with van der Waals surface area (Å²) < 4.78 is 8.10. The summed E-state index contributed by atoms with van der Waals surface area (Å²) in [6.45, 7) is 8.95. The number of aromatic nitrogens is 2. The topological polar surface area (TPSA) is 30.3 Å². The first-order valence-corrected chi connectivity index (χ1v) is 7.90. The zero-order valence-corrected chi connectivity index (χ0v) is 13.0. The number of piperidine rings is 1. The van der Waals surface area contributed by atoms with Crippen molar-refractivity contribution in [2.75, 3.05) is 19.7 Å². The van der Waals surface area contributed by atoms with Crippen LogP contribution >= 0.6 is 0 Å². The lowest BCUT2D eigenvalue weighted by atomic mass is 9.82. The van der Waals surface area contributed by atoms with Gasteiger partial charge < -0.3 is 4.74 Å². The zero-order valence-electron chi connectivity index (χ0n) is 13.0. The molecule has 0 aromatic carbocycles. The molecule has 0 N–H and O–H groups in total. The van der Waals surface area contributed by atoms with Crippen molar-refractivity contribution in [2.24, 2.45) is 18.9 Å². The third-order valence-electron chi connectivity index (χ3n) is 5.11. The minimum atomic E-state index is 0.195. The SMILES string of the molecule is CC(C)[C@@H]1COC2(CCN(Cc3cnn(C)c3)CC2)C1. The Morgan fingerprint density at radius 1 is 1.40 bits per heavy atom. The highest BCUT2D eigenvalue weighted by Gasteiger charge is 2.43. The third-order valence-corrected chi connectivity index (χ3v) is 5.11. The molecule has 1 atom stereocenters. The highest BCUT2D eigenvalue weighted by atomic mass is 16.5. The van der Waals surface area contributed by atoms with Crippen LogP contribution in [0.5, 0.6) is 0 Å². The van der Waals surface area contributed by atoms with Crippen LogP contribution in [0.4, 0.5) is 0 Å². The molecular weight excluding hydrogens is 250 g/mol. The van der Waals surface area contributed by atoms with Gasteiger partial charge in [0.2, 0.25) is 0 Å². The highest BCUT2D eigenvalue weighted by Crippen LogP contribution is 2.41. The van der Waals surface area contributed by atoms with E-state index in [0.29, 0.717) is 0 Å². The van der Waals surface area contributed by atoms with Gasteiger partial charge >= 0.3 is 0 Å². The molecule has 0 unspecified atom stereocenters. The Balaban J connectivity index is 1.52. The van der Waals surface area contributed by atoms with E-state index in [1.165, 1.54) is 24.8 Å². The molecule has 3 heterocycles. The van der Waals surface area contributed by atoms with Crippen LogP contribution in [-0.4, -0.2) is 40.0 Å². The lowest BCUT2D eigenvalue weighted by molar-refractivity contribution is -0.0452. The molecule has 0 aliphatic carbocycles. The smallest absolute Gasteiger partial charge is 0.0710 e. The third kappa shape index (κ3) is 2.91. The molecular formula is C16H27N3O. The van der Waals surface area contributed by atoms with Crippen LogP contribution in [-0.2, 0) is 18.3 Å². The number of hydrogen-bond donors (Lipinski definition) is 0. The Morgan fingerprint density at radius 2 is 2.15 bits per heavy atom. The fraction of sp³-hybridized carbons (Fsp3) is 0.812. The summed E-state index contributed by atoms with van der Waals surface area (Å²) in [5.41, 5.74) is 1.51. The molecule has 0 amide bonds.